The molecule has 0 bridgehead atoms. The Bertz CT molecular complexity index is 723. The summed E-state index contributed by atoms with van der Waals surface area (Å²) in [6, 6.07) is 0. The Hall–Kier alpha value is -2.22. The van der Waals surface area contributed by atoms with Gasteiger partial charge in [-0.1, -0.05) is 6.92 Å². The van der Waals surface area contributed by atoms with Crippen molar-refractivity contribution in [2.24, 2.45) is 5.92 Å². The van der Waals surface area contributed by atoms with E-state index in [9.17, 15) is 19.2 Å². The molecule has 0 N–H and O–H groups in total. The van der Waals surface area contributed by atoms with Crippen LogP contribution in [-0.4, -0.2) is 54.2 Å². The van der Waals surface area contributed by atoms with Crippen molar-refractivity contribution in [2.75, 3.05) is 6.61 Å². The number of rotatable bonds is 3. The number of epoxide rings is 1. The van der Waals surface area contributed by atoms with Gasteiger partial charge in [-0.15, -0.1) is 0 Å². The van der Waals surface area contributed by atoms with Crippen LogP contribution in [0.15, 0.2) is 11.1 Å². The lowest BCUT2D eigenvalue weighted by Crippen LogP contribution is -2.35. The van der Waals surface area contributed by atoms with E-state index in [4.69, 9.17) is 18.9 Å². The van der Waals surface area contributed by atoms with E-state index < -0.39 is 41.8 Å². The number of hydrogen-bond acceptors (Lipinski definition) is 8. The molecule has 0 aromatic heterocycles. The van der Waals surface area contributed by atoms with Crippen LogP contribution in [0.3, 0.4) is 0 Å². The quantitative estimate of drug-likeness (QED) is 0.409. The van der Waals surface area contributed by atoms with E-state index >= 15 is 0 Å². The van der Waals surface area contributed by atoms with Crippen molar-refractivity contribution in [2.45, 2.75) is 70.9 Å². The van der Waals surface area contributed by atoms with Crippen LogP contribution in [0.4, 0.5) is 0 Å². The summed E-state index contributed by atoms with van der Waals surface area (Å²) in [6.07, 6.45) is -0.868. The molecular formula is C19H24O8. The lowest BCUT2D eigenvalue weighted by atomic mass is 9.83. The Kier molecular flexibility index (Phi) is 5.12. The Balaban J connectivity index is 2.03. The molecule has 2 heterocycles. The largest absolute Gasteiger partial charge is 0.461 e. The minimum atomic E-state index is -0.824. The Morgan fingerprint density at radius 1 is 1.22 bits per heavy atom. The average molecular weight is 380 g/mol. The van der Waals surface area contributed by atoms with Crippen LogP contribution >= 0.6 is 0 Å². The highest BCUT2D eigenvalue weighted by Crippen LogP contribution is 2.49. The van der Waals surface area contributed by atoms with E-state index in [-0.39, 0.29) is 30.3 Å². The van der Waals surface area contributed by atoms with E-state index in [0.717, 1.165) is 0 Å². The topological polar surface area (TPSA) is 108 Å². The number of Topliss-reactive ketones (excluding diaryl/α,β-unsaturated/α-hetero) is 1. The van der Waals surface area contributed by atoms with Crippen molar-refractivity contribution in [3.63, 3.8) is 0 Å². The molecule has 3 aliphatic rings. The minimum Gasteiger partial charge on any atom is -0.461 e. The molecule has 0 aromatic rings. The van der Waals surface area contributed by atoms with Crippen LogP contribution in [0.5, 0.6) is 0 Å². The highest BCUT2D eigenvalue weighted by atomic mass is 16.6. The van der Waals surface area contributed by atoms with Gasteiger partial charge >= 0.3 is 17.9 Å². The predicted molar refractivity (Wildman–Crippen MR) is 90.4 cm³/mol. The lowest BCUT2D eigenvalue weighted by Gasteiger charge is -2.26. The zero-order valence-electron chi connectivity index (χ0n) is 15.9. The SMILES string of the molecule is CC(=O)OCC1=C2[C@@H](OC1=O)[C@@H]1O[C@@]1(C)CCC(=O)[C@@H](C)C[C@H]2OC(C)=O. The Labute approximate surface area is 157 Å². The van der Waals surface area contributed by atoms with Crippen LogP contribution in [0, 0.1) is 5.92 Å². The van der Waals surface area contributed by atoms with Gasteiger partial charge in [-0.25, -0.2) is 4.79 Å². The van der Waals surface area contributed by atoms with Gasteiger partial charge in [0.05, 0.1) is 11.2 Å². The highest BCUT2D eigenvalue weighted by molar-refractivity contribution is 5.93. The summed E-state index contributed by atoms with van der Waals surface area (Å²) in [5, 5.41) is 0. The fourth-order valence-electron chi connectivity index (χ4n) is 3.81. The normalized spacial score (nSPS) is 35.7. The third kappa shape index (κ3) is 3.90. The lowest BCUT2D eigenvalue weighted by molar-refractivity contribution is -0.147. The summed E-state index contributed by atoms with van der Waals surface area (Å²) in [6.45, 7) is 5.87. The summed E-state index contributed by atoms with van der Waals surface area (Å²) < 4.78 is 21.8. The monoisotopic (exact) mass is 380 g/mol. The van der Waals surface area contributed by atoms with Crippen molar-refractivity contribution in [1.82, 2.24) is 0 Å². The molecule has 5 atom stereocenters. The Morgan fingerprint density at radius 3 is 2.56 bits per heavy atom. The Morgan fingerprint density at radius 2 is 1.93 bits per heavy atom. The van der Waals surface area contributed by atoms with Crippen molar-refractivity contribution in [3.8, 4) is 0 Å². The predicted octanol–water partition coefficient (Wildman–Crippen LogP) is 1.25. The van der Waals surface area contributed by atoms with Crippen LogP contribution < -0.4 is 0 Å². The van der Waals surface area contributed by atoms with Gasteiger partial charge in [0.2, 0.25) is 0 Å². The maximum Gasteiger partial charge on any atom is 0.338 e. The molecular weight excluding hydrogens is 356 g/mol. The fraction of sp³-hybridized carbons (Fsp3) is 0.684. The van der Waals surface area contributed by atoms with Crippen molar-refractivity contribution in [3.05, 3.63) is 11.1 Å². The molecule has 0 unspecified atom stereocenters. The van der Waals surface area contributed by atoms with Gasteiger partial charge in [0.15, 0.2) is 6.10 Å². The van der Waals surface area contributed by atoms with E-state index in [2.05, 4.69) is 0 Å². The van der Waals surface area contributed by atoms with Gasteiger partial charge in [0.1, 0.15) is 24.6 Å². The fourth-order valence-corrected chi connectivity index (χ4v) is 3.81. The summed E-state index contributed by atoms with van der Waals surface area (Å²) in [4.78, 5) is 47.8. The van der Waals surface area contributed by atoms with Gasteiger partial charge in [-0.3, -0.25) is 14.4 Å². The zero-order valence-corrected chi connectivity index (χ0v) is 15.9. The summed E-state index contributed by atoms with van der Waals surface area (Å²) in [7, 11) is 0. The van der Waals surface area contributed by atoms with Crippen LogP contribution in [0.25, 0.3) is 0 Å². The third-order valence-corrected chi connectivity index (χ3v) is 5.41. The zero-order chi connectivity index (χ0) is 19.9. The molecule has 1 saturated heterocycles. The molecule has 8 heteroatoms. The molecule has 0 aromatic carbocycles. The molecule has 1 saturated carbocycles. The molecule has 0 radical (unpaired) electrons. The number of esters is 3. The maximum atomic E-state index is 12.5. The van der Waals surface area contributed by atoms with Crippen LogP contribution in [-0.2, 0) is 38.1 Å². The smallest absolute Gasteiger partial charge is 0.338 e. The third-order valence-electron chi connectivity index (χ3n) is 5.41. The van der Waals surface area contributed by atoms with Crippen LogP contribution in [0.2, 0.25) is 0 Å². The number of hydrogen-bond donors (Lipinski definition) is 0. The van der Waals surface area contributed by atoms with Crippen molar-refractivity contribution >= 4 is 23.7 Å². The van der Waals surface area contributed by atoms with E-state index in [1.165, 1.54) is 13.8 Å². The molecule has 0 spiro atoms. The van der Waals surface area contributed by atoms with Crippen molar-refractivity contribution in [1.29, 1.82) is 0 Å². The number of carbonyl (C=O) groups excluding carboxylic acids is 4. The second-order valence-electron chi connectivity index (χ2n) is 7.59. The standard InChI is InChI=1S/C19H24O8/c1-9-7-14(25-11(3)21)15-12(8-24-10(2)20)18(23)26-16(15)17-19(4,27-17)6-5-13(9)22/h9,14,16-17H,5-8H2,1-4H3/t9-,14+,16+,17-,19-/m0/s1. The maximum absolute atomic E-state index is 12.5. The average Bonchev–Trinajstić information content (AvgIpc) is 3.12. The number of ether oxygens (including phenoxy) is 4. The first-order chi connectivity index (χ1) is 12.6. The summed E-state index contributed by atoms with van der Waals surface area (Å²) in [5.41, 5.74) is 0.00635. The second-order valence-corrected chi connectivity index (χ2v) is 7.59. The first kappa shape index (κ1) is 19.5. The number of fused-ring (bicyclic) bond motifs is 3. The minimum absolute atomic E-state index is 0.0495. The summed E-state index contributed by atoms with van der Waals surface area (Å²) in [5.74, 6) is -2.02. The molecule has 27 heavy (non-hydrogen) atoms. The summed E-state index contributed by atoms with van der Waals surface area (Å²) >= 11 is 0. The van der Waals surface area contributed by atoms with Gasteiger partial charge in [-0.2, -0.15) is 0 Å². The van der Waals surface area contributed by atoms with Gasteiger partial charge in [-0.05, 0) is 19.8 Å². The molecule has 2 fully saturated rings. The van der Waals surface area contributed by atoms with Crippen molar-refractivity contribution < 1.29 is 38.1 Å². The molecule has 8 nitrogen and oxygen atoms in total. The van der Waals surface area contributed by atoms with E-state index in [0.29, 0.717) is 18.4 Å². The molecule has 148 valence electrons. The number of ketones is 1. The van der Waals surface area contributed by atoms with E-state index in [1.807, 2.05) is 6.92 Å². The first-order valence-electron chi connectivity index (χ1n) is 9.07. The molecule has 0 amide bonds. The van der Waals surface area contributed by atoms with Gasteiger partial charge in [0.25, 0.3) is 0 Å². The second kappa shape index (κ2) is 7.07. The molecule has 2 aliphatic heterocycles. The molecule has 3 rings (SSSR count). The first-order valence-corrected chi connectivity index (χ1v) is 9.07. The highest BCUT2D eigenvalue weighted by Gasteiger charge is 2.62. The van der Waals surface area contributed by atoms with Gasteiger partial charge in [0, 0.05) is 31.8 Å². The van der Waals surface area contributed by atoms with E-state index in [1.54, 1.807) is 6.92 Å². The van der Waals surface area contributed by atoms with Crippen LogP contribution in [0.1, 0.15) is 47.0 Å². The number of carbonyl (C=O) groups is 4. The molecule has 1 aliphatic carbocycles. The van der Waals surface area contributed by atoms with Gasteiger partial charge < -0.3 is 18.9 Å².